The van der Waals surface area contributed by atoms with Crippen molar-refractivity contribution in [3.63, 3.8) is 0 Å². The van der Waals surface area contributed by atoms with E-state index in [1.165, 1.54) is 83.5 Å². The third-order valence-corrected chi connectivity index (χ3v) is 8.31. The summed E-state index contributed by atoms with van der Waals surface area (Å²) < 4.78 is 12.4. The van der Waals surface area contributed by atoms with Crippen LogP contribution in [0.5, 0.6) is 0 Å². The van der Waals surface area contributed by atoms with Crippen molar-refractivity contribution in [3.05, 3.63) is 12.2 Å². The van der Waals surface area contributed by atoms with Crippen molar-refractivity contribution in [2.75, 3.05) is 21.1 Å². The summed E-state index contributed by atoms with van der Waals surface area (Å²) in [5, 5.41) is -0.597. The molecule has 0 heterocycles. The van der Waals surface area contributed by atoms with Crippen LogP contribution in [0.2, 0.25) is 0 Å². The third kappa shape index (κ3) is 12.9. The molecule has 0 aliphatic rings. The Morgan fingerprint density at radius 1 is 0.724 bits per heavy atom. The lowest BCUT2D eigenvalue weighted by atomic mass is 10.0. The maximum absolute atomic E-state index is 11.9. The molecule has 0 fully saturated rings. The fraction of sp³-hybridized carbons (Fsp3) is 0.920. The molecule has 2 unspecified atom stereocenters. The van der Waals surface area contributed by atoms with Gasteiger partial charge >= 0.3 is 8.03 Å². The summed E-state index contributed by atoms with van der Waals surface area (Å²) in [6, 6.07) is 0. The van der Waals surface area contributed by atoms with E-state index in [0.29, 0.717) is 10.9 Å². The van der Waals surface area contributed by atoms with Crippen LogP contribution in [0.3, 0.4) is 0 Å². The van der Waals surface area contributed by atoms with Crippen LogP contribution in [0.15, 0.2) is 12.2 Å². The summed E-state index contributed by atoms with van der Waals surface area (Å²) in [5.74, 6) is 0. The lowest BCUT2D eigenvalue weighted by molar-refractivity contribution is -0.910. The number of hydrogen-bond acceptors (Lipinski definition) is 2. The standard InChI is InChI=1S/C25H51NO2P/c1-6-8-9-10-11-12-13-14-15-16-17-18-19-20-21-22-23-24-25(7-2,29(27)28)26(3,4)5/h10-11H,6-9,12-24H2,1-5H3/q+1/b11-10-. The molecule has 0 saturated carbocycles. The maximum Gasteiger partial charge on any atom is 0.376 e. The van der Waals surface area contributed by atoms with Gasteiger partial charge in [0.2, 0.25) is 0 Å². The average molecular weight is 429 g/mol. The summed E-state index contributed by atoms with van der Waals surface area (Å²) in [7, 11) is 3.63. The van der Waals surface area contributed by atoms with E-state index in [1.54, 1.807) is 0 Å². The molecule has 0 aliphatic carbocycles. The van der Waals surface area contributed by atoms with Gasteiger partial charge in [0.1, 0.15) is 0 Å². The van der Waals surface area contributed by atoms with Gasteiger partial charge in [-0.15, -0.1) is 0 Å². The smallest absolute Gasteiger partial charge is 0.376 e. The van der Waals surface area contributed by atoms with E-state index in [-0.39, 0.29) is 0 Å². The highest BCUT2D eigenvalue weighted by molar-refractivity contribution is 7.38. The number of quaternary nitrogens is 1. The maximum atomic E-state index is 11.9. The molecule has 3 nitrogen and oxygen atoms in total. The second-order valence-electron chi connectivity index (χ2n) is 9.65. The summed E-state index contributed by atoms with van der Waals surface area (Å²) in [4.78, 5) is 11.9. The molecular formula is C25H51NO2P+. The molecule has 0 aromatic heterocycles. The molecule has 0 amide bonds. The van der Waals surface area contributed by atoms with Gasteiger partial charge in [-0.3, -0.25) is 4.48 Å². The summed E-state index contributed by atoms with van der Waals surface area (Å²) >= 11 is 0. The summed E-state index contributed by atoms with van der Waals surface area (Å²) in [6.45, 7) is 4.26. The second-order valence-corrected chi connectivity index (χ2v) is 11.0. The predicted molar refractivity (Wildman–Crippen MR) is 127 cm³/mol. The second kappa shape index (κ2) is 17.4. The molecule has 172 valence electrons. The fourth-order valence-corrected chi connectivity index (χ4v) is 5.36. The predicted octanol–water partition coefficient (Wildman–Crippen LogP) is 7.72. The molecule has 29 heavy (non-hydrogen) atoms. The highest BCUT2D eigenvalue weighted by Gasteiger charge is 2.52. The van der Waals surface area contributed by atoms with Crippen LogP contribution >= 0.6 is 8.03 Å². The summed E-state index contributed by atoms with van der Waals surface area (Å²) in [5.41, 5.74) is 0. The van der Waals surface area contributed by atoms with E-state index in [9.17, 15) is 9.46 Å². The van der Waals surface area contributed by atoms with Crippen LogP contribution in [-0.2, 0) is 4.57 Å². The molecule has 0 N–H and O–H groups in total. The van der Waals surface area contributed by atoms with Gasteiger partial charge in [-0.2, -0.15) is 0 Å². The van der Waals surface area contributed by atoms with Crippen molar-refractivity contribution in [2.24, 2.45) is 0 Å². The van der Waals surface area contributed by atoms with Gasteiger partial charge < -0.3 is 4.89 Å². The monoisotopic (exact) mass is 428 g/mol. The van der Waals surface area contributed by atoms with Gasteiger partial charge in [-0.25, -0.2) is 0 Å². The molecule has 0 spiro atoms. The number of rotatable bonds is 20. The molecule has 0 bridgehead atoms. The molecule has 2 atom stereocenters. The van der Waals surface area contributed by atoms with Crippen molar-refractivity contribution in [1.82, 2.24) is 0 Å². The van der Waals surface area contributed by atoms with E-state index < -0.39 is 13.3 Å². The van der Waals surface area contributed by atoms with Gasteiger partial charge in [0.05, 0.1) is 21.1 Å². The van der Waals surface area contributed by atoms with Gasteiger partial charge in [0.25, 0.3) is 5.28 Å². The van der Waals surface area contributed by atoms with Crippen LogP contribution in [-0.4, -0.2) is 30.9 Å². The minimum atomic E-state index is -2.41. The lowest BCUT2D eigenvalue weighted by Gasteiger charge is -2.39. The Bertz CT molecular complexity index is 431. The Morgan fingerprint density at radius 2 is 1.14 bits per heavy atom. The number of hydrogen-bond donors (Lipinski definition) is 0. The minimum Gasteiger partial charge on any atom is -0.590 e. The van der Waals surface area contributed by atoms with Crippen molar-refractivity contribution in [3.8, 4) is 0 Å². The lowest BCUT2D eigenvalue weighted by Crippen LogP contribution is -2.55. The zero-order valence-electron chi connectivity index (χ0n) is 20.4. The van der Waals surface area contributed by atoms with Crippen molar-refractivity contribution >= 4 is 8.03 Å². The van der Waals surface area contributed by atoms with E-state index in [2.05, 4.69) is 19.1 Å². The fourth-order valence-electron chi connectivity index (χ4n) is 4.27. The van der Waals surface area contributed by atoms with Crippen molar-refractivity contribution in [1.29, 1.82) is 0 Å². The zero-order valence-corrected chi connectivity index (χ0v) is 21.3. The molecule has 0 radical (unpaired) electrons. The van der Waals surface area contributed by atoms with Crippen molar-refractivity contribution < 1.29 is 13.9 Å². The highest BCUT2D eigenvalue weighted by Crippen LogP contribution is 2.44. The van der Waals surface area contributed by atoms with Crippen LogP contribution in [0.1, 0.15) is 123 Å². The Kier molecular flexibility index (Phi) is 17.3. The first-order chi connectivity index (χ1) is 13.8. The van der Waals surface area contributed by atoms with E-state index in [4.69, 9.17) is 0 Å². The molecular weight excluding hydrogens is 377 g/mol. The molecule has 4 heteroatoms. The topological polar surface area (TPSA) is 40.1 Å². The first-order valence-electron chi connectivity index (χ1n) is 12.4. The Balaban J connectivity index is 3.58. The Labute approximate surface area is 183 Å². The van der Waals surface area contributed by atoms with Gasteiger partial charge in [-0.1, -0.05) is 101 Å². The Morgan fingerprint density at radius 3 is 1.52 bits per heavy atom. The Hall–Kier alpha value is -0.240. The van der Waals surface area contributed by atoms with Gasteiger partial charge in [0.15, 0.2) is 0 Å². The number of nitrogens with zero attached hydrogens (tertiary/aromatic N) is 1. The SMILES string of the molecule is CCCC/C=C\CCCCCCCCCCCCCC(CC)([P+](=O)[O-])[N+](C)(C)C. The third-order valence-electron chi connectivity index (χ3n) is 6.49. The van der Waals surface area contributed by atoms with Crippen LogP contribution in [0, 0.1) is 0 Å². The highest BCUT2D eigenvalue weighted by atomic mass is 31.1. The molecule has 0 aliphatic heterocycles. The normalized spacial score (nSPS) is 15.0. The minimum absolute atomic E-state index is 0.511. The number of unbranched alkanes of at least 4 members (excludes halogenated alkanes) is 13. The first kappa shape index (κ1) is 28.8. The van der Waals surface area contributed by atoms with Crippen molar-refractivity contribution in [2.45, 2.75) is 128 Å². The van der Waals surface area contributed by atoms with E-state index in [0.717, 1.165) is 19.3 Å². The molecule has 0 rings (SSSR count). The molecule has 0 aromatic carbocycles. The summed E-state index contributed by atoms with van der Waals surface area (Å²) in [6.07, 6.45) is 25.7. The van der Waals surface area contributed by atoms with Gasteiger partial charge in [-0.05, 0) is 25.7 Å². The van der Waals surface area contributed by atoms with Crippen LogP contribution in [0.4, 0.5) is 0 Å². The van der Waals surface area contributed by atoms with Gasteiger partial charge in [0, 0.05) is 12.8 Å². The first-order valence-corrected chi connectivity index (χ1v) is 13.6. The molecule has 0 saturated heterocycles. The van der Waals surface area contributed by atoms with E-state index >= 15 is 0 Å². The number of allylic oxidation sites excluding steroid dienone is 2. The van der Waals surface area contributed by atoms with Crippen LogP contribution < -0.4 is 4.89 Å². The zero-order chi connectivity index (χ0) is 22.0. The van der Waals surface area contributed by atoms with E-state index in [1.807, 2.05) is 28.1 Å². The quantitative estimate of drug-likeness (QED) is 0.0861. The largest absolute Gasteiger partial charge is 0.590 e. The van der Waals surface area contributed by atoms with Crippen LogP contribution in [0.25, 0.3) is 0 Å². The average Bonchev–Trinajstić information content (AvgIpc) is 2.66. The molecule has 0 aromatic rings.